The molecule has 0 radical (unpaired) electrons. The summed E-state index contributed by atoms with van der Waals surface area (Å²) in [5, 5.41) is 11.9. The number of carbonyl (C=O) groups is 1. The molecule has 1 aliphatic heterocycles. The highest BCUT2D eigenvalue weighted by Gasteiger charge is 2.20. The van der Waals surface area contributed by atoms with Crippen LogP contribution >= 0.6 is 22.6 Å². The van der Waals surface area contributed by atoms with E-state index in [1.165, 1.54) is 0 Å². The Labute approximate surface area is 113 Å². The van der Waals surface area contributed by atoms with Crippen molar-refractivity contribution in [3.05, 3.63) is 33.4 Å². The van der Waals surface area contributed by atoms with E-state index in [1.54, 1.807) is 4.90 Å². The number of carbonyl (C=O) groups excluding carboxylic acids is 1. The number of halogens is 1. The second-order valence-electron chi connectivity index (χ2n) is 3.97. The zero-order valence-corrected chi connectivity index (χ0v) is 11.4. The van der Waals surface area contributed by atoms with Gasteiger partial charge in [-0.25, -0.2) is 0 Å². The van der Waals surface area contributed by atoms with Crippen molar-refractivity contribution in [1.29, 1.82) is 0 Å². The monoisotopic (exact) mass is 344 g/mol. The van der Waals surface area contributed by atoms with Crippen molar-refractivity contribution in [2.75, 3.05) is 13.1 Å². The van der Waals surface area contributed by atoms with Crippen LogP contribution in [0.1, 0.15) is 23.2 Å². The van der Waals surface area contributed by atoms with Crippen LogP contribution in [0.25, 0.3) is 0 Å². The number of nitrogens with zero attached hydrogens (tertiary/aromatic N) is 2. The fourth-order valence-electron chi connectivity index (χ4n) is 1.84. The highest BCUT2D eigenvalue weighted by molar-refractivity contribution is 14.1. The second-order valence-corrected chi connectivity index (χ2v) is 5.21. The summed E-state index contributed by atoms with van der Waals surface area (Å²) in [6.07, 6.45) is 1.32. The molecule has 1 heterocycles. The highest BCUT2D eigenvalue weighted by atomic mass is 127. The Balaban J connectivity index is 2.04. The molecular formula is C12H13IN2O2. The summed E-state index contributed by atoms with van der Waals surface area (Å²) in [5.74, 6) is 0.0541. The molecule has 1 aromatic rings. The van der Waals surface area contributed by atoms with Crippen LogP contribution in [0.5, 0.6) is 0 Å². The predicted molar refractivity (Wildman–Crippen MR) is 73.5 cm³/mol. The van der Waals surface area contributed by atoms with Crippen LogP contribution in [-0.2, 0) is 0 Å². The predicted octanol–water partition coefficient (Wildman–Crippen LogP) is 2.36. The van der Waals surface area contributed by atoms with Gasteiger partial charge in [-0.2, -0.15) is 0 Å². The van der Waals surface area contributed by atoms with Crippen LogP contribution in [0, 0.1) is 3.57 Å². The third-order valence-corrected chi connectivity index (χ3v) is 3.58. The van der Waals surface area contributed by atoms with E-state index in [0.717, 1.165) is 14.8 Å². The van der Waals surface area contributed by atoms with Crippen molar-refractivity contribution in [3.8, 4) is 0 Å². The lowest BCUT2D eigenvalue weighted by atomic mass is 10.1. The molecule has 4 nitrogen and oxygen atoms in total. The minimum Gasteiger partial charge on any atom is -0.411 e. The van der Waals surface area contributed by atoms with Crippen molar-refractivity contribution in [1.82, 2.24) is 4.90 Å². The summed E-state index contributed by atoms with van der Waals surface area (Å²) in [6, 6.07) is 7.55. The van der Waals surface area contributed by atoms with Gasteiger partial charge in [0, 0.05) is 35.1 Å². The first-order chi connectivity index (χ1) is 8.20. The first-order valence-corrected chi connectivity index (χ1v) is 6.53. The highest BCUT2D eigenvalue weighted by Crippen LogP contribution is 2.13. The van der Waals surface area contributed by atoms with Crippen molar-refractivity contribution >= 4 is 34.2 Å². The maximum absolute atomic E-state index is 12.1. The lowest BCUT2D eigenvalue weighted by Gasteiger charge is -2.27. The summed E-state index contributed by atoms with van der Waals surface area (Å²) in [6.45, 7) is 1.26. The number of amides is 1. The molecular weight excluding hydrogens is 331 g/mol. The Morgan fingerprint density at radius 2 is 1.82 bits per heavy atom. The maximum atomic E-state index is 12.1. The minimum atomic E-state index is 0.0541. The van der Waals surface area contributed by atoms with Gasteiger partial charge in [-0.15, -0.1) is 0 Å². The van der Waals surface area contributed by atoms with Gasteiger partial charge in [0.25, 0.3) is 5.91 Å². The van der Waals surface area contributed by atoms with Crippen LogP contribution < -0.4 is 0 Å². The molecule has 1 aromatic carbocycles. The topological polar surface area (TPSA) is 52.9 Å². The largest absolute Gasteiger partial charge is 0.411 e. The van der Waals surface area contributed by atoms with E-state index in [9.17, 15) is 4.79 Å². The van der Waals surface area contributed by atoms with E-state index in [0.29, 0.717) is 25.9 Å². The summed E-state index contributed by atoms with van der Waals surface area (Å²) >= 11 is 2.21. The standard InChI is InChI=1S/C12H13IN2O2/c13-10-3-1-9(2-4-10)12(16)15-7-5-11(14-17)6-8-15/h1-4,17H,5-8H2. The van der Waals surface area contributed by atoms with E-state index in [4.69, 9.17) is 5.21 Å². The zero-order valence-electron chi connectivity index (χ0n) is 9.27. The third kappa shape index (κ3) is 2.96. The second kappa shape index (κ2) is 5.48. The summed E-state index contributed by atoms with van der Waals surface area (Å²) in [4.78, 5) is 13.9. The average molecular weight is 344 g/mol. The van der Waals surface area contributed by atoms with Gasteiger partial charge in [0.05, 0.1) is 5.71 Å². The van der Waals surface area contributed by atoms with E-state index in [-0.39, 0.29) is 5.91 Å². The van der Waals surface area contributed by atoms with Crippen molar-refractivity contribution in [2.45, 2.75) is 12.8 Å². The Hall–Kier alpha value is -1.11. The maximum Gasteiger partial charge on any atom is 0.253 e. The molecule has 1 fully saturated rings. The number of hydrogen-bond donors (Lipinski definition) is 1. The fraction of sp³-hybridized carbons (Fsp3) is 0.333. The first-order valence-electron chi connectivity index (χ1n) is 5.45. The summed E-state index contributed by atoms with van der Waals surface area (Å²) in [5.41, 5.74) is 1.49. The van der Waals surface area contributed by atoms with Crippen LogP contribution in [0.2, 0.25) is 0 Å². The van der Waals surface area contributed by atoms with Crippen LogP contribution in [0.4, 0.5) is 0 Å². The third-order valence-electron chi connectivity index (χ3n) is 2.86. The fourth-order valence-corrected chi connectivity index (χ4v) is 2.20. The Bertz CT molecular complexity index is 432. The molecule has 0 aromatic heterocycles. The molecule has 0 spiro atoms. The van der Waals surface area contributed by atoms with Gasteiger partial charge in [0.15, 0.2) is 0 Å². The normalized spacial score (nSPS) is 15.8. The van der Waals surface area contributed by atoms with E-state index < -0.39 is 0 Å². The van der Waals surface area contributed by atoms with Crippen molar-refractivity contribution in [3.63, 3.8) is 0 Å². The molecule has 0 unspecified atom stereocenters. The average Bonchev–Trinajstić information content (AvgIpc) is 2.39. The lowest BCUT2D eigenvalue weighted by molar-refractivity contribution is 0.0753. The van der Waals surface area contributed by atoms with Gasteiger partial charge in [0.2, 0.25) is 0 Å². The molecule has 1 N–H and O–H groups in total. The van der Waals surface area contributed by atoms with Gasteiger partial charge in [0.1, 0.15) is 0 Å². The summed E-state index contributed by atoms with van der Waals surface area (Å²) in [7, 11) is 0. The van der Waals surface area contributed by atoms with Gasteiger partial charge in [-0.05, 0) is 46.9 Å². The first kappa shape index (κ1) is 12.3. The molecule has 1 amide bonds. The number of likely N-dealkylation sites (tertiary alicyclic amines) is 1. The Morgan fingerprint density at radius 1 is 1.24 bits per heavy atom. The summed E-state index contributed by atoms with van der Waals surface area (Å²) < 4.78 is 1.12. The van der Waals surface area contributed by atoms with Crippen LogP contribution in [-0.4, -0.2) is 34.8 Å². The molecule has 0 bridgehead atoms. The van der Waals surface area contributed by atoms with Crippen LogP contribution in [0.3, 0.4) is 0 Å². The molecule has 1 aliphatic rings. The van der Waals surface area contributed by atoms with Gasteiger partial charge in [-0.3, -0.25) is 4.79 Å². The number of benzene rings is 1. The van der Waals surface area contributed by atoms with Gasteiger partial charge < -0.3 is 10.1 Å². The molecule has 1 saturated heterocycles. The molecule has 2 rings (SSSR count). The van der Waals surface area contributed by atoms with Gasteiger partial charge in [-0.1, -0.05) is 5.16 Å². The van der Waals surface area contributed by atoms with E-state index >= 15 is 0 Å². The van der Waals surface area contributed by atoms with Crippen molar-refractivity contribution < 1.29 is 10.0 Å². The van der Waals surface area contributed by atoms with Crippen LogP contribution in [0.15, 0.2) is 29.4 Å². The smallest absolute Gasteiger partial charge is 0.253 e. The van der Waals surface area contributed by atoms with E-state index in [2.05, 4.69) is 27.7 Å². The SMILES string of the molecule is O=C(c1ccc(I)cc1)N1CCC(=NO)CC1. The molecule has 0 atom stereocenters. The number of piperidine rings is 1. The molecule has 5 heteroatoms. The molecule has 0 aliphatic carbocycles. The van der Waals surface area contributed by atoms with Crippen molar-refractivity contribution in [2.24, 2.45) is 5.16 Å². The Morgan fingerprint density at radius 3 is 2.35 bits per heavy atom. The number of oxime groups is 1. The molecule has 0 saturated carbocycles. The number of hydrogen-bond acceptors (Lipinski definition) is 3. The lowest BCUT2D eigenvalue weighted by Crippen LogP contribution is -2.38. The minimum absolute atomic E-state index is 0.0541. The Kier molecular flexibility index (Phi) is 3.98. The quantitative estimate of drug-likeness (QED) is 0.483. The number of rotatable bonds is 1. The zero-order chi connectivity index (χ0) is 12.3. The van der Waals surface area contributed by atoms with Gasteiger partial charge >= 0.3 is 0 Å². The molecule has 90 valence electrons. The molecule has 17 heavy (non-hydrogen) atoms. The van der Waals surface area contributed by atoms with E-state index in [1.807, 2.05) is 24.3 Å².